The zero-order valence-corrected chi connectivity index (χ0v) is 17.7. The Labute approximate surface area is 179 Å². The second-order valence-corrected chi connectivity index (χ2v) is 6.87. The number of rotatable bonds is 6. The van der Waals surface area contributed by atoms with Crippen LogP contribution in [0.5, 0.6) is 5.75 Å². The van der Waals surface area contributed by atoms with E-state index in [2.05, 4.69) is 10.3 Å². The van der Waals surface area contributed by atoms with Crippen molar-refractivity contribution < 1.29 is 18.7 Å². The van der Waals surface area contributed by atoms with E-state index in [4.69, 9.17) is 19.0 Å². The van der Waals surface area contributed by atoms with Gasteiger partial charge >= 0.3 is 5.97 Å². The molecule has 0 aliphatic rings. The molecule has 0 amide bonds. The van der Waals surface area contributed by atoms with Gasteiger partial charge in [0.25, 0.3) is 0 Å². The molecule has 0 spiro atoms. The van der Waals surface area contributed by atoms with Gasteiger partial charge in [-0.1, -0.05) is 18.2 Å². The Morgan fingerprint density at radius 3 is 2.61 bits per heavy atom. The molecule has 0 atom stereocenters. The molecular formula is C23H22N4O4. The zero-order chi connectivity index (χ0) is 22.0. The maximum Gasteiger partial charge on any atom is 0.340 e. The number of hydrogen-bond acceptors (Lipinski definition) is 7. The highest BCUT2D eigenvalue weighted by Crippen LogP contribution is 2.36. The number of oxazole rings is 1. The molecule has 0 aliphatic heterocycles. The summed E-state index contributed by atoms with van der Waals surface area (Å²) in [6.07, 6.45) is 3.09. The van der Waals surface area contributed by atoms with E-state index in [0.29, 0.717) is 34.3 Å². The van der Waals surface area contributed by atoms with E-state index in [-0.39, 0.29) is 0 Å². The molecule has 4 aromatic rings. The number of aromatic nitrogens is 3. The number of carbonyl (C=O) groups excluding carboxylic acids is 1. The third-order valence-electron chi connectivity index (χ3n) is 4.94. The molecule has 0 saturated heterocycles. The van der Waals surface area contributed by atoms with Gasteiger partial charge in [0.05, 0.1) is 43.0 Å². The molecule has 0 unspecified atom stereocenters. The Hall–Kier alpha value is -4.07. The fourth-order valence-electron chi connectivity index (χ4n) is 3.39. The van der Waals surface area contributed by atoms with Crippen LogP contribution in [0, 0.1) is 13.8 Å². The van der Waals surface area contributed by atoms with E-state index in [0.717, 1.165) is 16.9 Å². The Kier molecular flexibility index (Phi) is 5.44. The van der Waals surface area contributed by atoms with Crippen molar-refractivity contribution in [2.75, 3.05) is 19.5 Å². The molecule has 2 aromatic heterocycles. The van der Waals surface area contributed by atoms with Crippen molar-refractivity contribution >= 4 is 17.5 Å². The number of anilines is 2. The van der Waals surface area contributed by atoms with Gasteiger partial charge in [-0.25, -0.2) is 14.5 Å². The average Bonchev–Trinajstić information content (AvgIpc) is 3.41. The minimum Gasteiger partial charge on any atom is -0.497 e. The number of aryl methyl sites for hydroxylation is 2. The van der Waals surface area contributed by atoms with Gasteiger partial charge < -0.3 is 19.2 Å². The molecule has 31 heavy (non-hydrogen) atoms. The molecule has 0 fully saturated rings. The van der Waals surface area contributed by atoms with Crippen LogP contribution in [0.15, 0.2) is 59.3 Å². The summed E-state index contributed by atoms with van der Waals surface area (Å²) in [6, 6.07) is 13.0. The standard InChI is InChI=1S/C23H22N4O4/c1-14-7-5-6-8-19(14)27-21(20(15(2)26-27)22-24-11-12-31-22)25-18-10-9-16(29-3)13-17(18)23(28)30-4/h5-13,25H,1-4H3. The minimum atomic E-state index is -0.488. The fourth-order valence-corrected chi connectivity index (χ4v) is 3.39. The highest BCUT2D eigenvalue weighted by Gasteiger charge is 2.24. The Balaban J connectivity index is 1.92. The molecule has 158 valence electrons. The number of benzene rings is 2. The molecule has 0 saturated carbocycles. The van der Waals surface area contributed by atoms with Crippen molar-refractivity contribution in [1.82, 2.24) is 14.8 Å². The van der Waals surface area contributed by atoms with Gasteiger partial charge in [0.15, 0.2) is 0 Å². The minimum absolute atomic E-state index is 0.329. The van der Waals surface area contributed by atoms with Crippen LogP contribution in [0.1, 0.15) is 21.6 Å². The van der Waals surface area contributed by atoms with Crippen LogP contribution >= 0.6 is 0 Å². The summed E-state index contributed by atoms with van der Waals surface area (Å²) >= 11 is 0. The molecule has 0 aliphatic carbocycles. The maximum atomic E-state index is 12.4. The van der Waals surface area contributed by atoms with Gasteiger partial charge in [0, 0.05) is 0 Å². The molecule has 2 heterocycles. The first-order valence-electron chi connectivity index (χ1n) is 9.62. The molecule has 2 aromatic carbocycles. The number of ether oxygens (including phenoxy) is 2. The number of nitrogens with zero attached hydrogens (tertiary/aromatic N) is 3. The fraction of sp³-hybridized carbons (Fsp3) is 0.174. The molecule has 0 bridgehead atoms. The third-order valence-corrected chi connectivity index (χ3v) is 4.94. The van der Waals surface area contributed by atoms with Crippen LogP contribution < -0.4 is 10.1 Å². The number of methoxy groups -OCH3 is 2. The monoisotopic (exact) mass is 418 g/mol. The second kappa shape index (κ2) is 8.35. The Morgan fingerprint density at radius 2 is 1.94 bits per heavy atom. The highest BCUT2D eigenvalue weighted by molar-refractivity contribution is 5.97. The van der Waals surface area contributed by atoms with E-state index in [9.17, 15) is 4.79 Å². The number of para-hydroxylation sites is 1. The maximum absolute atomic E-state index is 12.4. The number of nitrogens with one attached hydrogen (secondary N) is 1. The lowest BCUT2D eigenvalue weighted by Crippen LogP contribution is -2.09. The lowest BCUT2D eigenvalue weighted by molar-refractivity contribution is 0.0601. The summed E-state index contributed by atoms with van der Waals surface area (Å²) in [5.74, 6) is 1.10. The third kappa shape index (κ3) is 3.75. The van der Waals surface area contributed by atoms with Gasteiger partial charge in [-0.2, -0.15) is 5.10 Å². The van der Waals surface area contributed by atoms with Crippen molar-refractivity contribution in [2.24, 2.45) is 0 Å². The van der Waals surface area contributed by atoms with E-state index in [1.54, 1.807) is 36.2 Å². The quantitative estimate of drug-likeness (QED) is 0.455. The van der Waals surface area contributed by atoms with Crippen LogP contribution in [-0.2, 0) is 4.74 Å². The topological polar surface area (TPSA) is 91.4 Å². The molecule has 8 heteroatoms. The summed E-state index contributed by atoms with van der Waals surface area (Å²) in [6.45, 7) is 3.89. The normalized spacial score (nSPS) is 10.7. The molecule has 1 N–H and O–H groups in total. The van der Waals surface area contributed by atoms with Gasteiger partial charge in [-0.3, -0.25) is 0 Å². The van der Waals surface area contributed by atoms with Crippen molar-refractivity contribution in [3.8, 4) is 22.9 Å². The summed E-state index contributed by atoms with van der Waals surface area (Å²) in [5.41, 5.74) is 4.21. The lowest BCUT2D eigenvalue weighted by Gasteiger charge is -2.16. The second-order valence-electron chi connectivity index (χ2n) is 6.87. The first-order chi connectivity index (χ1) is 15.0. The van der Waals surface area contributed by atoms with Gasteiger partial charge in [0.2, 0.25) is 5.89 Å². The van der Waals surface area contributed by atoms with Gasteiger partial charge in [-0.05, 0) is 43.7 Å². The molecular weight excluding hydrogens is 396 g/mol. The van der Waals surface area contributed by atoms with Crippen LogP contribution in [0.3, 0.4) is 0 Å². The summed E-state index contributed by atoms with van der Waals surface area (Å²) in [7, 11) is 2.88. The number of esters is 1. The van der Waals surface area contributed by atoms with Crippen LogP contribution in [0.4, 0.5) is 11.5 Å². The van der Waals surface area contributed by atoms with Crippen molar-refractivity contribution in [2.45, 2.75) is 13.8 Å². The first-order valence-corrected chi connectivity index (χ1v) is 9.62. The van der Waals surface area contributed by atoms with Crippen molar-refractivity contribution in [3.05, 3.63) is 71.7 Å². The van der Waals surface area contributed by atoms with Gasteiger partial charge in [-0.15, -0.1) is 0 Å². The molecule has 8 nitrogen and oxygen atoms in total. The van der Waals surface area contributed by atoms with Crippen molar-refractivity contribution in [3.63, 3.8) is 0 Å². The lowest BCUT2D eigenvalue weighted by atomic mass is 10.1. The Bertz CT molecular complexity index is 1230. The Morgan fingerprint density at radius 1 is 1.13 bits per heavy atom. The number of hydrogen-bond donors (Lipinski definition) is 1. The molecule has 0 radical (unpaired) electrons. The van der Waals surface area contributed by atoms with E-state index in [1.165, 1.54) is 13.4 Å². The average molecular weight is 418 g/mol. The summed E-state index contributed by atoms with van der Waals surface area (Å²) in [4.78, 5) is 16.8. The smallest absolute Gasteiger partial charge is 0.340 e. The van der Waals surface area contributed by atoms with Crippen molar-refractivity contribution in [1.29, 1.82) is 0 Å². The summed E-state index contributed by atoms with van der Waals surface area (Å²) < 4.78 is 17.6. The van der Waals surface area contributed by atoms with E-state index >= 15 is 0 Å². The van der Waals surface area contributed by atoms with Crippen LogP contribution in [0.2, 0.25) is 0 Å². The summed E-state index contributed by atoms with van der Waals surface area (Å²) in [5, 5.41) is 8.09. The van der Waals surface area contributed by atoms with Crippen LogP contribution in [-0.4, -0.2) is 35.0 Å². The predicted molar refractivity (Wildman–Crippen MR) is 116 cm³/mol. The molecule has 4 rings (SSSR count). The van der Waals surface area contributed by atoms with Gasteiger partial charge in [0.1, 0.15) is 23.4 Å². The number of carbonyl (C=O) groups is 1. The van der Waals surface area contributed by atoms with E-state index < -0.39 is 5.97 Å². The first kappa shape index (κ1) is 20.2. The highest BCUT2D eigenvalue weighted by atomic mass is 16.5. The zero-order valence-electron chi connectivity index (χ0n) is 17.7. The predicted octanol–water partition coefficient (Wildman–Crippen LogP) is 4.68. The SMILES string of the molecule is COC(=O)c1cc(OC)ccc1Nc1c(-c2ncco2)c(C)nn1-c1ccccc1C. The van der Waals surface area contributed by atoms with E-state index in [1.807, 2.05) is 38.1 Å². The largest absolute Gasteiger partial charge is 0.497 e. The van der Waals surface area contributed by atoms with Crippen LogP contribution in [0.25, 0.3) is 17.1 Å².